The van der Waals surface area contributed by atoms with Crippen LogP contribution in [0.4, 0.5) is 5.69 Å². The number of sulfonamides is 1. The van der Waals surface area contributed by atoms with Gasteiger partial charge in [0, 0.05) is 23.1 Å². The van der Waals surface area contributed by atoms with Crippen molar-refractivity contribution < 1.29 is 18.0 Å². The molecule has 0 saturated heterocycles. The molecule has 3 aromatic rings. The zero-order valence-corrected chi connectivity index (χ0v) is 24.7. The van der Waals surface area contributed by atoms with E-state index in [0.29, 0.717) is 22.3 Å². The van der Waals surface area contributed by atoms with Crippen molar-refractivity contribution in [2.24, 2.45) is 5.92 Å². The summed E-state index contributed by atoms with van der Waals surface area (Å²) in [5, 5.41) is 3.80. The minimum atomic E-state index is -4.15. The summed E-state index contributed by atoms with van der Waals surface area (Å²) in [4.78, 5) is 28.3. The average Bonchev–Trinajstić information content (AvgIpc) is 2.89. The summed E-state index contributed by atoms with van der Waals surface area (Å²) in [6.45, 7) is 7.46. The van der Waals surface area contributed by atoms with Crippen molar-refractivity contribution in [1.82, 2.24) is 10.2 Å². The fraction of sp³-hybridized carbons (Fsp3) is 0.310. The highest BCUT2D eigenvalue weighted by molar-refractivity contribution is 7.92. The highest BCUT2D eigenvalue weighted by Gasteiger charge is 2.32. The third kappa shape index (κ3) is 8.21. The second kappa shape index (κ2) is 13.3. The van der Waals surface area contributed by atoms with E-state index in [9.17, 15) is 18.0 Å². The Morgan fingerprint density at radius 2 is 1.49 bits per heavy atom. The molecule has 0 aliphatic heterocycles. The van der Waals surface area contributed by atoms with Gasteiger partial charge < -0.3 is 10.2 Å². The largest absolute Gasteiger partial charge is 0.354 e. The normalized spacial score (nSPS) is 12.2. The summed E-state index contributed by atoms with van der Waals surface area (Å²) in [5.41, 5.74) is 1.91. The molecule has 0 heterocycles. The van der Waals surface area contributed by atoms with Crippen LogP contribution in [0.15, 0.2) is 77.7 Å². The second-order valence-electron chi connectivity index (χ2n) is 9.77. The monoisotopic (exact) mass is 589 g/mol. The third-order valence-electron chi connectivity index (χ3n) is 6.09. The Labute approximate surface area is 240 Å². The first kappa shape index (κ1) is 30.5. The zero-order valence-electron chi connectivity index (χ0n) is 22.4. The van der Waals surface area contributed by atoms with E-state index >= 15 is 0 Å². The van der Waals surface area contributed by atoms with Gasteiger partial charge in [0.2, 0.25) is 11.8 Å². The van der Waals surface area contributed by atoms with Crippen molar-refractivity contribution in [3.63, 3.8) is 0 Å². The smallest absolute Gasteiger partial charge is 0.264 e. The van der Waals surface area contributed by atoms with Gasteiger partial charge in [-0.2, -0.15) is 0 Å². The van der Waals surface area contributed by atoms with Crippen molar-refractivity contribution in [2.45, 2.75) is 45.2 Å². The molecule has 0 saturated carbocycles. The van der Waals surface area contributed by atoms with E-state index in [1.54, 1.807) is 49.4 Å². The van der Waals surface area contributed by atoms with Gasteiger partial charge in [-0.25, -0.2) is 8.42 Å². The highest BCUT2D eigenvalue weighted by atomic mass is 35.5. The van der Waals surface area contributed by atoms with Crippen LogP contribution in [0.5, 0.6) is 0 Å². The first-order valence-electron chi connectivity index (χ1n) is 12.5. The number of carbonyl (C=O) groups excluding carboxylic acids is 2. The lowest BCUT2D eigenvalue weighted by atomic mass is 10.1. The molecule has 0 aromatic heterocycles. The summed E-state index contributed by atoms with van der Waals surface area (Å²) < 4.78 is 28.7. The Balaban J connectivity index is 2.01. The standard InChI is InChI=1S/C29H33Cl2N3O4S/c1-20(2)17-32-29(36)22(4)33(18-23-8-10-24(30)11-9-23)28(35)19-34(26-7-5-6-21(3)16-26)39(37,38)27-14-12-25(31)13-15-27/h5-16,20,22H,17-19H2,1-4H3,(H,32,36)/t22-/m1/s1. The topological polar surface area (TPSA) is 86.8 Å². The number of halogens is 2. The molecule has 0 bridgehead atoms. The Bertz CT molecular complexity index is 1390. The van der Waals surface area contributed by atoms with Crippen LogP contribution in [0.2, 0.25) is 10.0 Å². The van der Waals surface area contributed by atoms with Gasteiger partial charge in [-0.05, 0) is 79.4 Å². The number of anilines is 1. The summed E-state index contributed by atoms with van der Waals surface area (Å²) in [6, 6.07) is 18.8. The summed E-state index contributed by atoms with van der Waals surface area (Å²) in [7, 11) is -4.15. The molecule has 208 valence electrons. The van der Waals surface area contributed by atoms with Gasteiger partial charge in [0.05, 0.1) is 10.6 Å². The fourth-order valence-electron chi connectivity index (χ4n) is 3.87. The molecule has 39 heavy (non-hydrogen) atoms. The minimum absolute atomic E-state index is 0.00631. The molecular formula is C29H33Cl2N3O4S. The van der Waals surface area contributed by atoms with Crippen LogP contribution in [0.1, 0.15) is 31.9 Å². The molecule has 0 spiro atoms. The van der Waals surface area contributed by atoms with Gasteiger partial charge >= 0.3 is 0 Å². The van der Waals surface area contributed by atoms with E-state index in [0.717, 1.165) is 15.4 Å². The summed E-state index contributed by atoms with van der Waals surface area (Å²) in [5.74, 6) is -0.632. The molecule has 10 heteroatoms. The molecule has 0 radical (unpaired) electrons. The van der Waals surface area contributed by atoms with Crippen molar-refractivity contribution in [3.8, 4) is 0 Å². The van der Waals surface area contributed by atoms with Crippen molar-refractivity contribution in [1.29, 1.82) is 0 Å². The van der Waals surface area contributed by atoms with E-state index in [4.69, 9.17) is 23.2 Å². The molecule has 1 atom stereocenters. The quantitative estimate of drug-likeness (QED) is 0.311. The molecule has 0 unspecified atom stereocenters. The van der Waals surface area contributed by atoms with Gasteiger partial charge in [-0.15, -0.1) is 0 Å². The van der Waals surface area contributed by atoms with Crippen LogP contribution in [-0.2, 0) is 26.2 Å². The van der Waals surface area contributed by atoms with Gasteiger partial charge in [-0.3, -0.25) is 13.9 Å². The lowest BCUT2D eigenvalue weighted by molar-refractivity contribution is -0.139. The number of hydrogen-bond donors (Lipinski definition) is 1. The lowest BCUT2D eigenvalue weighted by Crippen LogP contribution is -2.51. The van der Waals surface area contributed by atoms with Crippen molar-refractivity contribution in [3.05, 3.63) is 94.0 Å². The van der Waals surface area contributed by atoms with Gasteiger partial charge in [0.1, 0.15) is 12.6 Å². The summed E-state index contributed by atoms with van der Waals surface area (Å²) >= 11 is 12.0. The maximum atomic E-state index is 13.9. The zero-order chi connectivity index (χ0) is 28.7. The van der Waals surface area contributed by atoms with Crippen LogP contribution in [0.3, 0.4) is 0 Å². The molecule has 7 nitrogen and oxygen atoms in total. The number of nitrogens with zero attached hydrogens (tertiary/aromatic N) is 2. The predicted molar refractivity (Wildman–Crippen MR) is 156 cm³/mol. The molecule has 2 amide bonds. The Kier molecular flexibility index (Phi) is 10.4. The SMILES string of the molecule is Cc1cccc(N(CC(=O)N(Cc2ccc(Cl)cc2)[C@H](C)C(=O)NCC(C)C)S(=O)(=O)c2ccc(Cl)cc2)c1. The second-order valence-corrected chi connectivity index (χ2v) is 12.5. The van der Waals surface area contributed by atoms with E-state index < -0.39 is 28.5 Å². The Morgan fingerprint density at radius 3 is 2.05 bits per heavy atom. The number of hydrogen-bond acceptors (Lipinski definition) is 4. The fourth-order valence-corrected chi connectivity index (χ4v) is 5.53. The van der Waals surface area contributed by atoms with Gasteiger partial charge in [-0.1, -0.05) is 61.3 Å². The number of nitrogens with one attached hydrogen (secondary N) is 1. The lowest BCUT2D eigenvalue weighted by Gasteiger charge is -2.32. The molecule has 0 aliphatic carbocycles. The van der Waals surface area contributed by atoms with E-state index in [2.05, 4.69) is 5.32 Å². The minimum Gasteiger partial charge on any atom is -0.354 e. The van der Waals surface area contributed by atoms with Gasteiger partial charge in [0.15, 0.2) is 0 Å². The molecule has 1 N–H and O–H groups in total. The molecule has 3 rings (SSSR count). The average molecular weight is 591 g/mol. The van der Waals surface area contributed by atoms with E-state index in [-0.39, 0.29) is 23.3 Å². The maximum Gasteiger partial charge on any atom is 0.264 e. The number of rotatable bonds is 11. The number of benzene rings is 3. The number of aryl methyl sites for hydroxylation is 1. The Hall–Kier alpha value is -3.07. The van der Waals surface area contributed by atoms with E-state index in [1.807, 2.05) is 26.8 Å². The van der Waals surface area contributed by atoms with Crippen molar-refractivity contribution in [2.75, 3.05) is 17.4 Å². The van der Waals surface area contributed by atoms with Crippen LogP contribution >= 0.6 is 23.2 Å². The van der Waals surface area contributed by atoms with Crippen LogP contribution in [0, 0.1) is 12.8 Å². The Morgan fingerprint density at radius 1 is 0.897 bits per heavy atom. The number of carbonyl (C=O) groups is 2. The van der Waals surface area contributed by atoms with Crippen LogP contribution < -0.4 is 9.62 Å². The van der Waals surface area contributed by atoms with E-state index in [1.165, 1.54) is 29.2 Å². The third-order valence-corrected chi connectivity index (χ3v) is 8.38. The highest BCUT2D eigenvalue weighted by Crippen LogP contribution is 2.26. The maximum absolute atomic E-state index is 13.9. The molecule has 3 aromatic carbocycles. The summed E-state index contributed by atoms with van der Waals surface area (Å²) in [6.07, 6.45) is 0. The number of amides is 2. The first-order chi connectivity index (χ1) is 18.4. The van der Waals surface area contributed by atoms with Crippen LogP contribution in [-0.4, -0.2) is 44.3 Å². The van der Waals surface area contributed by atoms with Crippen molar-refractivity contribution >= 4 is 50.7 Å². The predicted octanol–water partition coefficient (Wildman–Crippen LogP) is 5.69. The van der Waals surface area contributed by atoms with Gasteiger partial charge in [0.25, 0.3) is 10.0 Å². The molecule has 0 aliphatic rings. The molecular weight excluding hydrogens is 557 g/mol. The molecule has 0 fully saturated rings. The van der Waals surface area contributed by atoms with Crippen LogP contribution in [0.25, 0.3) is 0 Å². The first-order valence-corrected chi connectivity index (χ1v) is 14.7.